The van der Waals surface area contributed by atoms with E-state index in [-0.39, 0.29) is 23.8 Å². The molecular weight excluding hydrogens is 318 g/mol. The molecule has 0 radical (unpaired) electrons. The third-order valence-corrected chi connectivity index (χ3v) is 4.79. The van der Waals surface area contributed by atoms with Crippen LogP contribution in [0, 0.1) is 0 Å². The molecule has 3 heterocycles. The molecule has 2 fully saturated rings. The minimum absolute atomic E-state index is 0.0444. The van der Waals surface area contributed by atoms with Gasteiger partial charge in [0.25, 0.3) is 5.91 Å². The van der Waals surface area contributed by atoms with Crippen LogP contribution in [0.5, 0.6) is 0 Å². The maximum absolute atomic E-state index is 12.9. The third kappa shape index (κ3) is 3.59. The van der Waals surface area contributed by atoms with E-state index in [1.165, 1.54) is 12.3 Å². The quantitative estimate of drug-likeness (QED) is 0.843. The van der Waals surface area contributed by atoms with Crippen molar-refractivity contribution in [2.24, 2.45) is 0 Å². The fraction of sp³-hybridized carbons (Fsp3) is 0.750. The number of likely N-dealkylation sites (tertiary alicyclic amines) is 1. The predicted molar refractivity (Wildman–Crippen MR) is 84.0 cm³/mol. The standard InChI is InChI=1S/C16H24F2N4O2/c1-11-9-21(10-12(2)24-11)13-4-7-20(8-5-13)15(23)14-3-6-19-22(14)16(17)18/h3,6,11-13,16H,4-5,7-10H2,1-2H3/t11-,12+. The molecule has 1 amide bonds. The number of nitrogens with zero attached hydrogens (tertiary/aromatic N) is 4. The van der Waals surface area contributed by atoms with Crippen molar-refractivity contribution in [3.8, 4) is 0 Å². The number of aromatic nitrogens is 2. The van der Waals surface area contributed by atoms with Crippen LogP contribution >= 0.6 is 0 Å². The number of carbonyl (C=O) groups excluding carboxylic acids is 1. The highest BCUT2D eigenvalue weighted by Gasteiger charge is 2.32. The maximum Gasteiger partial charge on any atom is 0.333 e. The number of alkyl halides is 2. The minimum atomic E-state index is -2.80. The number of carbonyl (C=O) groups is 1. The van der Waals surface area contributed by atoms with E-state index >= 15 is 0 Å². The van der Waals surface area contributed by atoms with Crippen LogP contribution in [-0.4, -0.2) is 69.9 Å². The normalized spacial score (nSPS) is 27.0. The van der Waals surface area contributed by atoms with Gasteiger partial charge in [-0.05, 0) is 32.8 Å². The highest BCUT2D eigenvalue weighted by atomic mass is 19.3. The van der Waals surface area contributed by atoms with E-state index in [1.807, 2.05) is 0 Å². The zero-order valence-electron chi connectivity index (χ0n) is 14.1. The first kappa shape index (κ1) is 17.3. The van der Waals surface area contributed by atoms with E-state index < -0.39 is 6.55 Å². The van der Waals surface area contributed by atoms with Gasteiger partial charge in [-0.25, -0.2) is 0 Å². The first-order chi connectivity index (χ1) is 11.5. The molecule has 2 aliphatic rings. The van der Waals surface area contributed by atoms with Gasteiger partial charge in [-0.1, -0.05) is 0 Å². The van der Waals surface area contributed by atoms with Crippen molar-refractivity contribution < 1.29 is 18.3 Å². The fourth-order valence-electron chi connectivity index (χ4n) is 3.75. The van der Waals surface area contributed by atoms with Gasteiger partial charge in [0.1, 0.15) is 5.69 Å². The molecule has 8 heteroatoms. The van der Waals surface area contributed by atoms with Crippen molar-refractivity contribution in [3.05, 3.63) is 18.0 Å². The molecule has 2 atom stereocenters. The Morgan fingerprint density at radius 1 is 1.25 bits per heavy atom. The molecule has 134 valence electrons. The van der Waals surface area contributed by atoms with Gasteiger partial charge in [0, 0.05) is 38.4 Å². The highest BCUT2D eigenvalue weighted by Crippen LogP contribution is 2.23. The first-order valence-corrected chi connectivity index (χ1v) is 8.46. The van der Waals surface area contributed by atoms with Gasteiger partial charge in [0.05, 0.1) is 12.2 Å². The molecule has 0 spiro atoms. The van der Waals surface area contributed by atoms with Crippen LogP contribution < -0.4 is 0 Å². The van der Waals surface area contributed by atoms with Crippen molar-refractivity contribution in [3.63, 3.8) is 0 Å². The number of rotatable bonds is 3. The molecule has 6 nitrogen and oxygen atoms in total. The van der Waals surface area contributed by atoms with Gasteiger partial charge in [-0.15, -0.1) is 0 Å². The summed E-state index contributed by atoms with van der Waals surface area (Å²) < 4.78 is 32.0. The van der Waals surface area contributed by atoms with Crippen LogP contribution in [0.1, 0.15) is 43.7 Å². The number of morpholine rings is 1. The Balaban J connectivity index is 1.58. The van der Waals surface area contributed by atoms with Crippen LogP contribution in [0.15, 0.2) is 12.3 Å². The second-order valence-corrected chi connectivity index (χ2v) is 6.67. The highest BCUT2D eigenvalue weighted by molar-refractivity contribution is 5.92. The van der Waals surface area contributed by atoms with Crippen LogP contribution in [-0.2, 0) is 4.74 Å². The second-order valence-electron chi connectivity index (χ2n) is 6.67. The number of hydrogen-bond acceptors (Lipinski definition) is 4. The zero-order chi connectivity index (χ0) is 17.3. The summed E-state index contributed by atoms with van der Waals surface area (Å²) in [5, 5.41) is 3.53. The lowest BCUT2D eigenvalue weighted by molar-refractivity contribution is -0.0856. The lowest BCUT2D eigenvalue weighted by Gasteiger charge is -2.43. The number of piperidine rings is 1. The van der Waals surface area contributed by atoms with E-state index in [9.17, 15) is 13.6 Å². The predicted octanol–water partition coefficient (Wildman–Crippen LogP) is 1.99. The fourth-order valence-corrected chi connectivity index (χ4v) is 3.75. The topological polar surface area (TPSA) is 50.6 Å². The number of ether oxygens (including phenoxy) is 1. The number of hydrogen-bond donors (Lipinski definition) is 0. The largest absolute Gasteiger partial charge is 0.373 e. The van der Waals surface area contributed by atoms with Crippen LogP contribution in [0.2, 0.25) is 0 Å². The van der Waals surface area contributed by atoms with Crippen LogP contribution in [0.25, 0.3) is 0 Å². The van der Waals surface area contributed by atoms with Crippen molar-refractivity contribution in [1.82, 2.24) is 19.6 Å². The number of halogens is 2. The summed E-state index contributed by atoms with van der Waals surface area (Å²) in [7, 11) is 0. The molecule has 2 aliphatic heterocycles. The van der Waals surface area contributed by atoms with E-state index in [1.54, 1.807) is 4.90 Å². The van der Waals surface area contributed by atoms with Gasteiger partial charge >= 0.3 is 6.55 Å². The van der Waals surface area contributed by atoms with Crippen molar-refractivity contribution in [2.75, 3.05) is 26.2 Å². The van der Waals surface area contributed by atoms with Gasteiger partial charge in [0.2, 0.25) is 0 Å². The molecule has 0 bridgehead atoms. The van der Waals surface area contributed by atoms with Gasteiger partial charge < -0.3 is 9.64 Å². The van der Waals surface area contributed by atoms with Crippen LogP contribution in [0.3, 0.4) is 0 Å². The Bertz CT molecular complexity index is 562. The summed E-state index contributed by atoms with van der Waals surface area (Å²) in [6, 6.07) is 1.77. The van der Waals surface area contributed by atoms with Crippen molar-refractivity contribution in [1.29, 1.82) is 0 Å². The number of amides is 1. The van der Waals surface area contributed by atoms with Gasteiger partial charge in [-0.3, -0.25) is 9.69 Å². The molecule has 0 aliphatic carbocycles. The second kappa shape index (κ2) is 7.14. The Kier molecular flexibility index (Phi) is 5.15. The molecule has 3 rings (SSSR count). The minimum Gasteiger partial charge on any atom is -0.373 e. The molecule has 2 saturated heterocycles. The maximum atomic E-state index is 12.9. The van der Waals surface area contributed by atoms with Gasteiger partial charge in [-0.2, -0.15) is 18.6 Å². The molecule has 0 aromatic carbocycles. The zero-order valence-corrected chi connectivity index (χ0v) is 14.1. The first-order valence-electron chi connectivity index (χ1n) is 8.46. The Labute approximate surface area is 140 Å². The van der Waals surface area contributed by atoms with Crippen LogP contribution in [0.4, 0.5) is 8.78 Å². The summed E-state index contributed by atoms with van der Waals surface area (Å²) in [6.07, 6.45) is 3.38. The average molecular weight is 342 g/mol. The SMILES string of the molecule is C[C@@H]1CN(C2CCN(C(=O)c3ccnn3C(F)F)CC2)C[C@H](C)O1. The van der Waals surface area contributed by atoms with Crippen molar-refractivity contribution in [2.45, 2.75) is 51.5 Å². The summed E-state index contributed by atoms with van der Waals surface area (Å²) >= 11 is 0. The van der Waals surface area contributed by atoms with E-state index in [0.29, 0.717) is 23.8 Å². The third-order valence-electron chi connectivity index (χ3n) is 4.79. The molecular formula is C16H24F2N4O2. The summed E-state index contributed by atoms with van der Waals surface area (Å²) in [5.74, 6) is -0.366. The Morgan fingerprint density at radius 3 is 2.46 bits per heavy atom. The lowest BCUT2D eigenvalue weighted by Crippen LogP contribution is -2.53. The molecule has 1 aromatic rings. The monoisotopic (exact) mass is 342 g/mol. The molecule has 0 unspecified atom stereocenters. The summed E-state index contributed by atoms with van der Waals surface area (Å²) in [5.41, 5.74) is -0.0444. The molecule has 1 aromatic heterocycles. The smallest absolute Gasteiger partial charge is 0.333 e. The molecule has 24 heavy (non-hydrogen) atoms. The van der Waals surface area contributed by atoms with Gasteiger partial charge in [0.15, 0.2) is 0 Å². The Hall–Kier alpha value is -1.54. The lowest BCUT2D eigenvalue weighted by atomic mass is 10.0. The summed E-state index contributed by atoms with van der Waals surface area (Å²) in [4.78, 5) is 16.6. The average Bonchev–Trinajstić information content (AvgIpc) is 3.03. The summed E-state index contributed by atoms with van der Waals surface area (Å²) in [6.45, 7) is 4.32. The molecule has 0 N–H and O–H groups in total. The van der Waals surface area contributed by atoms with E-state index in [2.05, 4.69) is 23.8 Å². The molecule has 0 saturated carbocycles. The van der Waals surface area contributed by atoms with E-state index in [4.69, 9.17) is 4.74 Å². The van der Waals surface area contributed by atoms with Crippen molar-refractivity contribution >= 4 is 5.91 Å². The van der Waals surface area contributed by atoms with E-state index in [0.717, 1.165) is 25.9 Å². The Morgan fingerprint density at radius 2 is 1.88 bits per heavy atom.